The van der Waals surface area contributed by atoms with Gasteiger partial charge < -0.3 is 15.1 Å². The van der Waals surface area contributed by atoms with Gasteiger partial charge in [0.15, 0.2) is 0 Å². The van der Waals surface area contributed by atoms with Crippen LogP contribution in [0, 0.1) is 6.92 Å². The molecule has 1 aromatic carbocycles. The molecule has 1 atom stereocenters. The lowest BCUT2D eigenvalue weighted by atomic mass is 10.0. The van der Waals surface area contributed by atoms with Gasteiger partial charge in [0.25, 0.3) is 5.91 Å². The van der Waals surface area contributed by atoms with Crippen LogP contribution in [0.15, 0.2) is 18.2 Å². The number of hydrogen-bond acceptors (Lipinski definition) is 3. The van der Waals surface area contributed by atoms with Crippen LogP contribution < -0.4 is 5.32 Å². The van der Waals surface area contributed by atoms with Crippen LogP contribution >= 0.6 is 11.6 Å². The first-order valence-electron chi connectivity index (χ1n) is 6.91. The van der Waals surface area contributed by atoms with E-state index in [-0.39, 0.29) is 11.8 Å². The highest BCUT2D eigenvalue weighted by atomic mass is 35.5. The van der Waals surface area contributed by atoms with Crippen LogP contribution in [0.1, 0.15) is 15.9 Å². The molecule has 1 unspecified atom stereocenters. The number of benzene rings is 1. The van der Waals surface area contributed by atoms with Gasteiger partial charge in [0, 0.05) is 44.3 Å². The fourth-order valence-electron chi connectivity index (χ4n) is 2.46. The van der Waals surface area contributed by atoms with E-state index in [0.717, 1.165) is 5.56 Å². The molecule has 1 saturated heterocycles. The molecular formula is C15H20ClN3O2. The van der Waals surface area contributed by atoms with Crippen molar-refractivity contribution in [3.8, 4) is 0 Å². The molecule has 0 aliphatic carbocycles. The standard InChI is InChI=1S/C15H20ClN3O2/c1-10-11(5-4-6-12(10)16)14(20)19-8-7-17-9-13(19)15(21)18(2)3/h4-6,13,17H,7-9H2,1-3H3. The third-order valence-corrected chi connectivity index (χ3v) is 4.14. The lowest BCUT2D eigenvalue weighted by Crippen LogP contribution is -2.59. The number of piperazine rings is 1. The Morgan fingerprint density at radius 2 is 2.10 bits per heavy atom. The molecule has 1 aliphatic rings. The molecule has 0 saturated carbocycles. The molecule has 0 spiro atoms. The van der Waals surface area contributed by atoms with Gasteiger partial charge in [-0.15, -0.1) is 0 Å². The van der Waals surface area contributed by atoms with Gasteiger partial charge in [0.1, 0.15) is 6.04 Å². The van der Waals surface area contributed by atoms with Crippen molar-refractivity contribution in [1.82, 2.24) is 15.1 Å². The molecular weight excluding hydrogens is 290 g/mol. The van der Waals surface area contributed by atoms with E-state index >= 15 is 0 Å². The van der Waals surface area contributed by atoms with Crippen molar-refractivity contribution < 1.29 is 9.59 Å². The summed E-state index contributed by atoms with van der Waals surface area (Å²) >= 11 is 6.09. The predicted octanol–water partition coefficient (Wildman–Crippen LogP) is 1.15. The molecule has 1 fully saturated rings. The first kappa shape index (κ1) is 15.8. The molecule has 6 heteroatoms. The van der Waals surface area contributed by atoms with Crippen LogP contribution in [0.25, 0.3) is 0 Å². The van der Waals surface area contributed by atoms with E-state index in [0.29, 0.717) is 30.2 Å². The van der Waals surface area contributed by atoms with E-state index in [1.165, 1.54) is 4.90 Å². The van der Waals surface area contributed by atoms with Crippen LogP contribution in [-0.4, -0.2) is 61.4 Å². The highest BCUT2D eigenvalue weighted by Gasteiger charge is 2.34. The molecule has 1 heterocycles. The third kappa shape index (κ3) is 3.19. The number of hydrogen-bond donors (Lipinski definition) is 1. The summed E-state index contributed by atoms with van der Waals surface area (Å²) in [5.41, 5.74) is 1.31. The molecule has 0 radical (unpaired) electrons. The Morgan fingerprint density at radius 1 is 1.38 bits per heavy atom. The predicted molar refractivity (Wildman–Crippen MR) is 82.6 cm³/mol. The Bertz CT molecular complexity index is 560. The minimum absolute atomic E-state index is 0.0739. The maximum Gasteiger partial charge on any atom is 0.254 e. The summed E-state index contributed by atoms with van der Waals surface area (Å²) in [5.74, 6) is -0.216. The highest BCUT2D eigenvalue weighted by molar-refractivity contribution is 6.31. The third-order valence-electron chi connectivity index (χ3n) is 3.73. The first-order valence-corrected chi connectivity index (χ1v) is 7.29. The van der Waals surface area contributed by atoms with E-state index < -0.39 is 6.04 Å². The zero-order valence-electron chi connectivity index (χ0n) is 12.5. The van der Waals surface area contributed by atoms with Gasteiger partial charge >= 0.3 is 0 Å². The highest BCUT2D eigenvalue weighted by Crippen LogP contribution is 2.21. The SMILES string of the molecule is Cc1c(Cl)cccc1C(=O)N1CCNCC1C(=O)N(C)C. The van der Waals surface area contributed by atoms with Crippen molar-refractivity contribution in [2.24, 2.45) is 0 Å². The number of nitrogens with one attached hydrogen (secondary N) is 1. The summed E-state index contributed by atoms with van der Waals surface area (Å²) in [6.45, 7) is 3.49. The normalized spacial score (nSPS) is 18.5. The Hall–Kier alpha value is -1.59. The van der Waals surface area contributed by atoms with Crippen LogP contribution in [0.3, 0.4) is 0 Å². The summed E-state index contributed by atoms with van der Waals surface area (Å²) < 4.78 is 0. The largest absolute Gasteiger partial charge is 0.347 e. The molecule has 114 valence electrons. The molecule has 21 heavy (non-hydrogen) atoms. The van der Waals surface area contributed by atoms with E-state index in [4.69, 9.17) is 11.6 Å². The smallest absolute Gasteiger partial charge is 0.254 e. The molecule has 0 aromatic heterocycles. The topological polar surface area (TPSA) is 52.7 Å². The van der Waals surface area contributed by atoms with Crippen molar-refractivity contribution in [3.63, 3.8) is 0 Å². The van der Waals surface area contributed by atoms with Crippen molar-refractivity contribution in [2.45, 2.75) is 13.0 Å². The molecule has 2 rings (SSSR count). The molecule has 1 N–H and O–H groups in total. The second kappa shape index (κ2) is 6.45. The minimum atomic E-state index is -0.473. The number of carbonyl (C=O) groups excluding carboxylic acids is 2. The van der Waals surface area contributed by atoms with Gasteiger partial charge in [-0.3, -0.25) is 9.59 Å². The number of rotatable bonds is 2. The number of likely N-dealkylation sites (N-methyl/N-ethyl adjacent to an activating group) is 1. The zero-order chi connectivity index (χ0) is 15.6. The Kier molecular flexibility index (Phi) is 4.85. The Labute approximate surface area is 129 Å². The van der Waals surface area contributed by atoms with Gasteiger partial charge in [-0.25, -0.2) is 0 Å². The Morgan fingerprint density at radius 3 is 2.76 bits per heavy atom. The van der Waals surface area contributed by atoms with Crippen LogP contribution in [0.5, 0.6) is 0 Å². The van der Waals surface area contributed by atoms with Crippen LogP contribution in [0.4, 0.5) is 0 Å². The summed E-state index contributed by atoms with van der Waals surface area (Å²) in [5, 5.41) is 3.73. The second-order valence-electron chi connectivity index (χ2n) is 5.36. The van der Waals surface area contributed by atoms with Gasteiger partial charge in [0.2, 0.25) is 5.91 Å². The van der Waals surface area contributed by atoms with Crippen molar-refractivity contribution in [1.29, 1.82) is 0 Å². The zero-order valence-corrected chi connectivity index (χ0v) is 13.3. The average molecular weight is 310 g/mol. The van der Waals surface area contributed by atoms with Crippen LogP contribution in [-0.2, 0) is 4.79 Å². The number of halogens is 1. The molecule has 2 amide bonds. The van der Waals surface area contributed by atoms with Crippen molar-refractivity contribution >= 4 is 23.4 Å². The van der Waals surface area contributed by atoms with E-state index in [1.54, 1.807) is 37.2 Å². The van der Waals surface area contributed by atoms with Gasteiger partial charge in [-0.1, -0.05) is 17.7 Å². The summed E-state index contributed by atoms with van der Waals surface area (Å²) in [6.07, 6.45) is 0. The fraction of sp³-hybridized carbons (Fsp3) is 0.467. The number of carbonyl (C=O) groups is 2. The molecule has 5 nitrogen and oxygen atoms in total. The van der Waals surface area contributed by atoms with Crippen LogP contribution in [0.2, 0.25) is 5.02 Å². The maximum absolute atomic E-state index is 12.8. The summed E-state index contributed by atoms with van der Waals surface area (Å²) in [4.78, 5) is 28.2. The second-order valence-corrected chi connectivity index (χ2v) is 5.77. The monoisotopic (exact) mass is 309 g/mol. The molecule has 1 aliphatic heterocycles. The van der Waals surface area contributed by atoms with E-state index in [1.807, 2.05) is 6.92 Å². The Balaban J connectivity index is 2.31. The molecule has 1 aromatic rings. The minimum Gasteiger partial charge on any atom is -0.347 e. The van der Waals surface area contributed by atoms with Gasteiger partial charge in [-0.2, -0.15) is 0 Å². The molecule has 0 bridgehead atoms. The number of amides is 2. The lowest BCUT2D eigenvalue weighted by molar-refractivity contribution is -0.134. The summed E-state index contributed by atoms with van der Waals surface area (Å²) in [7, 11) is 3.40. The average Bonchev–Trinajstić information content (AvgIpc) is 2.48. The lowest BCUT2D eigenvalue weighted by Gasteiger charge is -2.36. The van der Waals surface area contributed by atoms with Crippen molar-refractivity contribution in [3.05, 3.63) is 34.3 Å². The quantitative estimate of drug-likeness (QED) is 0.891. The summed E-state index contributed by atoms with van der Waals surface area (Å²) in [6, 6.07) is 4.80. The number of nitrogens with zero attached hydrogens (tertiary/aromatic N) is 2. The fourth-order valence-corrected chi connectivity index (χ4v) is 2.63. The van der Waals surface area contributed by atoms with Gasteiger partial charge in [-0.05, 0) is 24.6 Å². The van der Waals surface area contributed by atoms with Crippen molar-refractivity contribution in [2.75, 3.05) is 33.7 Å². The van der Waals surface area contributed by atoms with E-state index in [2.05, 4.69) is 5.32 Å². The van der Waals surface area contributed by atoms with Gasteiger partial charge in [0.05, 0.1) is 0 Å². The first-order chi connectivity index (χ1) is 9.93. The maximum atomic E-state index is 12.8. The van der Waals surface area contributed by atoms with E-state index in [9.17, 15) is 9.59 Å².